The average molecular weight is 367 g/mol. The SMILES string of the molecule is CC1=CC[C@@H]2C(=O)N(c3cccc(OC(=O)c4cccs4)c3)C(=O)[C@@H]2C1. The maximum atomic E-state index is 12.8. The Morgan fingerprint density at radius 3 is 2.73 bits per heavy atom. The predicted octanol–water partition coefficient (Wildman–Crippen LogP) is 3.81. The molecule has 1 saturated heterocycles. The normalized spacial score (nSPS) is 22.2. The summed E-state index contributed by atoms with van der Waals surface area (Å²) in [5.41, 5.74) is 1.59. The molecule has 2 atom stereocenters. The van der Waals surface area contributed by atoms with Gasteiger partial charge in [-0.3, -0.25) is 9.59 Å². The number of anilines is 1. The molecule has 0 saturated carbocycles. The third kappa shape index (κ3) is 2.86. The molecule has 6 heteroatoms. The van der Waals surface area contributed by atoms with Crippen molar-refractivity contribution in [3.63, 3.8) is 0 Å². The lowest BCUT2D eigenvalue weighted by Gasteiger charge is -2.18. The molecule has 1 aromatic heterocycles. The molecule has 1 fully saturated rings. The average Bonchev–Trinajstić information content (AvgIpc) is 3.23. The minimum absolute atomic E-state index is 0.172. The second-order valence-electron chi connectivity index (χ2n) is 6.58. The Hall–Kier alpha value is -2.73. The summed E-state index contributed by atoms with van der Waals surface area (Å²) in [5, 5.41) is 1.80. The maximum Gasteiger partial charge on any atom is 0.353 e. The molecular formula is C20H17NO4S. The first kappa shape index (κ1) is 16.7. The summed E-state index contributed by atoms with van der Waals surface area (Å²) in [7, 11) is 0. The summed E-state index contributed by atoms with van der Waals surface area (Å²) in [6, 6.07) is 10.0. The van der Waals surface area contributed by atoms with Crippen LogP contribution < -0.4 is 9.64 Å². The number of allylic oxidation sites excluding steroid dienone is 2. The first-order valence-electron chi connectivity index (χ1n) is 8.44. The molecule has 4 rings (SSSR count). The van der Waals surface area contributed by atoms with Gasteiger partial charge in [-0.05, 0) is 43.3 Å². The van der Waals surface area contributed by atoms with Crippen LogP contribution in [0.15, 0.2) is 53.4 Å². The lowest BCUT2D eigenvalue weighted by molar-refractivity contribution is -0.122. The van der Waals surface area contributed by atoms with Gasteiger partial charge in [-0.2, -0.15) is 0 Å². The fraction of sp³-hybridized carbons (Fsp3) is 0.250. The van der Waals surface area contributed by atoms with Gasteiger partial charge < -0.3 is 4.74 Å². The molecule has 2 aliphatic rings. The van der Waals surface area contributed by atoms with E-state index in [1.807, 2.05) is 13.0 Å². The van der Waals surface area contributed by atoms with Crippen LogP contribution in [0.2, 0.25) is 0 Å². The number of benzene rings is 1. The number of carbonyl (C=O) groups excluding carboxylic acids is 3. The van der Waals surface area contributed by atoms with Crippen LogP contribution in [0, 0.1) is 11.8 Å². The van der Waals surface area contributed by atoms with Crippen LogP contribution in [0.5, 0.6) is 5.75 Å². The highest BCUT2D eigenvalue weighted by molar-refractivity contribution is 7.12. The zero-order valence-electron chi connectivity index (χ0n) is 14.2. The van der Waals surface area contributed by atoms with E-state index in [0.29, 0.717) is 29.2 Å². The molecule has 0 unspecified atom stereocenters. The number of amides is 2. The van der Waals surface area contributed by atoms with Crippen molar-refractivity contribution in [1.29, 1.82) is 0 Å². The fourth-order valence-electron chi connectivity index (χ4n) is 3.53. The van der Waals surface area contributed by atoms with E-state index in [1.54, 1.807) is 41.8 Å². The van der Waals surface area contributed by atoms with Gasteiger partial charge in [0.2, 0.25) is 11.8 Å². The zero-order valence-corrected chi connectivity index (χ0v) is 15.0. The largest absolute Gasteiger partial charge is 0.422 e. The second-order valence-corrected chi connectivity index (χ2v) is 7.53. The summed E-state index contributed by atoms with van der Waals surface area (Å²) >= 11 is 1.30. The van der Waals surface area contributed by atoms with E-state index in [1.165, 1.54) is 16.2 Å². The number of rotatable bonds is 3. The van der Waals surface area contributed by atoms with Gasteiger partial charge in [-0.25, -0.2) is 9.69 Å². The van der Waals surface area contributed by atoms with Crippen molar-refractivity contribution in [2.75, 3.05) is 4.90 Å². The summed E-state index contributed by atoms with van der Waals surface area (Å²) in [6.07, 6.45) is 3.26. The number of imide groups is 1. The lowest BCUT2D eigenvalue weighted by Crippen LogP contribution is -2.30. The number of hydrogen-bond donors (Lipinski definition) is 0. The molecule has 1 aliphatic heterocycles. The zero-order chi connectivity index (χ0) is 18.3. The fourth-order valence-corrected chi connectivity index (χ4v) is 4.13. The number of fused-ring (bicyclic) bond motifs is 1. The van der Waals surface area contributed by atoms with E-state index in [2.05, 4.69) is 0 Å². The number of nitrogens with zero attached hydrogens (tertiary/aromatic N) is 1. The van der Waals surface area contributed by atoms with Crippen molar-refractivity contribution in [3.05, 3.63) is 58.3 Å². The van der Waals surface area contributed by atoms with Gasteiger partial charge in [0.25, 0.3) is 0 Å². The Morgan fingerprint density at radius 1 is 1.15 bits per heavy atom. The van der Waals surface area contributed by atoms with Crippen molar-refractivity contribution in [2.24, 2.45) is 11.8 Å². The van der Waals surface area contributed by atoms with Crippen LogP contribution in [0.3, 0.4) is 0 Å². The Labute approximate surface area is 154 Å². The molecule has 2 heterocycles. The molecule has 1 aromatic carbocycles. The van der Waals surface area contributed by atoms with E-state index in [-0.39, 0.29) is 23.7 Å². The van der Waals surface area contributed by atoms with E-state index in [9.17, 15) is 14.4 Å². The van der Waals surface area contributed by atoms with E-state index >= 15 is 0 Å². The van der Waals surface area contributed by atoms with Crippen molar-refractivity contribution in [2.45, 2.75) is 19.8 Å². The van der Waals surface area contributed by atoms with Crippen LogP contribution in [-0.4, -0.2) is 17.8 Å². The first-order chi connectivity index (χ1) is 12.5. The Kier molecular flexibility index (Phi) is 4.20. The van der Waals surface area contributed by atoms with Crippen LogP contribution in [0.25, 0.3) is 0 Å². The quantitative estimate of drug-likeness (QED) is 0.358. The molecule has 5 nitrogen and oxygen atoms in total. The summed E-state index contributed by atoms with van der Waals surface area (Å²) in [5.74, 6) is -1.07. The second kappa shape index (κ2) is 6.53. The van der Waals surface area contributed by atoms with Gasteiger partial charge in [-0.1, -0.05) is 23.8 Å². The van der Waals surface area contributed by atoms with Gasteiger partial charge >= 0.3 is 5.97 Å². The van der Waals surface area contributed by atoms with Gasteiger partial charge in [-0.15, -0.1) is 11.3 Å². The number of hydrogen-bond acceptors (Lipinski definition) is 5. The Bertz CT molecular complexity index is 916. The number of thiophene rings is 1. The van der Waals surface area contributed by atoms with Gasteiger partial charge in [0, 0.05) is 6.07 Å². The summed E-state index contributed by atoms with van der Waals surface area (Å²) < 4.78 is 5.38. The first-order valence-corrected chi connectivity index (χ1v) is 9.32. The van der Waals surface area contributed by atoms with E-state index in [0.717, 1.165) is 5.57 Å². The number of ether oxygens (including phenoxy) is 1. The van der Waals surface area contributed by atoms with Crippen LogP contribution in [-0.2, 0) is 9.59 Å². The molecule has 2 amide bonds. The Balaban J connectivity index is 1.58. The summed E-state index contributed by atoms with van der Waals surface area (Å²) in [4.78, 5) is 39.4. The molecule has 2 aromatic rings. The third-order valence-electron chi connectivity index (χ3n) is 4.83. The van der Waals surface area contributed by atoms with E-state index < -0.39 is 5.97 Å². The molecule has 0 spiro atoms. The van der Waals surface area contributed by atoms with Crippen LogP contribution in [0.1, 0.15) is 29.4 Å². The minimum Gasteiger partial charge on any atom is -0.422 e. The minimum atomic E-state index is -0.454. The highest BCUT2D eigenvalue weighted by Crippen LogP contribution is 2.40. The molecular weight excluding hydrogens is 350 g/mol. The predicted molar refractivity (Wildman–Crippen MR) is 98.2 cm³/mol. The smallest absolute Gasteiger partial charge is 0.353 e. The number of carbonyl (C=O) groups is 3. The highest BCUT2D eigenvalue weighted by atomic mass is 32.1. The molecule has 1 aliphatic carbocycles. The van der Waals surface area contributed by atoms with Crippen molar-refractivity contribution in [1.82, 2.24) is 0 Å². The standard InChI is InChI=1S/C20H17NO4S/c1-12-7-8-15-16(10-12)19(23)21(18(15)22)13-4-2-5-14(11-13)25-20(24)17-6-3-9-26-17/h2-7,9,11,15-16H,8,10H2,1H3/t15-,16+/m0/s1. The molecule has 0 N–H and O–H groups in total. The third-order valence-corrected chi connectivity index (χ3v) is 5.68. The van der Waals surface area contributed by atoms with Crippen molar-refractivity contribution < 1.29 is 19.1 Å². The Morgan fingerprint density at radius 2 is 1.96 bits per heavy atom. The summed E-state index contributed by atoms with van der Waals surface area (Å²) in [6.45, 7) is 1.99. The molecule has 0 radical (unpaired) electrons. The molecule has 132 valence electrons. The van der Waals surface area contributed by atoms with Gasteiger partial charge in [0.15, 0.2) is 0 Å². The van der Waals surface area contributed by atoms with Crippen molar-refractivity contribution in [3.8, 4) is 5.75 Å². The highest BCUT2D eigenvalue weighted by Gasteiger charge is 2.48. The van der Waals surface area contributed by atoms with Crippen LogP contribution in [0.4, 0.5) is 5.69 Å². The topological polar surface area (TPSA) is 63.7 Å². The number of esters is 1. The van der Waals surface area contributed by atoms with Gasteiger partial charge in [0.05, 0.1) is 17.5 Å². The molecule has 0 bridgehead atoms. The maximum absolute atomic E-state index is 12.8. The molecule has 26 heavy (non-hydrogen) atoms. The monoisotopic (exact) mass is 367 g/mol. The van der Waals surface area contributed by atoms with E-state index in [4.69, 9.17) is 4.74 Å². The van der Waals surface area contributed by atoms with Crippen LogP contribution >= 0.6 is 11.3 Å². The van der Waals surface area contributed by atoms with Crippen molar-refractivity contribution >= 4 is 34.8 Å². The van der Waals surface area contributed by atoms with Gasteiger partial charge in [0.1, 0.15) is 10.6 Å². The lowest BCUT2D eigenvalue weighted by atomic mass is 9.82.